The predicted molar refractivity (Wildman–Crippen MR) is 89.5 cm³/mol. The van der Waals surface area contributed by atoms with E-state index in [1.54, 1.807) is 4.52 Å². The number of para-hydroxylation sites is 1. The van der Waals surface area contributed by atoms with Crippen molar-refractivity contribution in [3.05, 3.63) is 52.9 Å². The quantitative estimate of drug-likeness (QED) is 0.605. The number of nitrogens with one attached hydrogen (secondary N) is 2. The largest absolute Gasteiger partial charge is 0.361 e. The molecule has 0 aliphatic heterocycles. The first-order valence-electron chi connectivity index (χ1n) is 7.32. The number of benzene rings is 1. The topological polar surface area (TPSA) is 75.1 Å². The van der Waals surface area contributed by atoms with Crippen molar-refractivity contribution >= 4 is 33.1 Å². The monoisotopic (exact) mass is 325 g/mol. The summed E-state index contributed by atoms with van der Waals surface area (Å²) in [5.41, 5.74) is 2.99. The molecule has 23 heavy (non-hydrogen) atoms. The average molecular weight is 325 g/mol. The van der Waals surface area contributed by atoms with Crippen LogP contribution in [0.5, 0.6) is 0 Å². The van der Waals surface area contributed by atoms with Gasteiger partial charge in [0, 0.05) is 17.1 Å². The van der Waals surface area contributed by atoms with E-state index in [9.17, 15) is 4.79 Å². The number of hydrogen-bond acceptors (Lipinski definition) is 4. The molecule has 1 amide bonds. The number of amides is 1. The zero-order chi connectivity index (χ0) is 15.8. The van der Waals surface area contributed by atoms with Gasteiger partial charge in [0.25, 0.3) is 0 Å². The highest BCUT2D eigenvalue weighted by Crippen LogP contribution is 2.18. The third-order valence-corrected chi connectivity index (χ3v) is 4.59. The molecular formula is C16H15N5OS. The Morgan fingerprint density at radius 3 is 3.13 bits per heavy atom. The summed E-state index contributed by atoms with van der Waals surface area (Å²) < 4.78 is 1.75. The fourth-order valence-electron chi connectivity index (χ4n) is 2.61. The lowest BCUT2D eigenvalue weighted by molar-refractivity contribution is -0.120. The normalized spacial score (nSPS) is 11.3. The van der Waals surface area contributed by atoms with Crippen LogP contribution in [0.3, 0.4) is 0 Å². The molecule has 3 heterocycles. The first-order valence-corrected chi connectivity index (χ1v) is 8.14. The van der Waals surface area contributed by atoms with Crippen LogP contribution in [0.15, 0.2) is 36.7 Å². The minimum absolute atomic E-state index is 0.0150. The van der Waals surface area contributed by atoms with E-state index in [4.69, 9.17) is 0 Å². The molecule has 2 N–H and O–H groups in total. The Kier molecular flexibility index (Phi) is 3.34. The summed E-state index contributed by atoms with van der Waals surface area (Å²) in [6.45, 7) is 2.36. The number of carbonyl (C=O) groups is 1. The van der Waals surface area contributed by atoms with Gasteiger partial charge < -0.3 is 10.3 Å². The molecule has 0 fully saturated rings. The van der Waals surface area contributed by atoms with E-state index >= 15 is 0 Å². The van der Waals surface area contributed by atoms with Gasteiger partial charge in [0.1, 0.15) is 5.01 Å². The molecule has 0 aliphatic rings. The molecule has 0 saturated carbocycles. The minimum Gasteiger partial charge on any atom is -0.361 e. The standard InChI is InChI=1S/C16H15N5OS/c1-10-9-21-16(19-10)23-15(20-21)8-18-14(22)6-11-7-17-13-5-3-2-4-12(11)13/h2-5,7,9,17H,6,8H2,1H3,(H,18,22). The summed E-state index contributed by atoms with van der Waals surface area (Å²) in [5, 5.41) is 9.26. The van der Waals surface area contributed by atoms with Gasteiger partial charge in [-0.1, -0.05) is 29.5 Å². The number of fused-ring (bicyclic) bond motifs is 2. The molecule has 3 aromatic heterocycles. The van der Waals surface area contributed by atoms with E-state index in [2.05, 4.69) is 20.4 Å². The molecule has 0 saturated heterocycles. The second-order valence-electron chi connectivity index (χ2n) is 5.42. The number of nitrogens with zero attached hydrogens (tertiary/aromatic N) is 3. The second-order valence-corrected chi connectivity index (χ2v) is 6.46. The molecule has 0 atom stereocenters. The molecule has 0 aliphatic carbocycles. The van der Waals surface area contributed by atoms with E-state index in [1.807, 2.05) is 43.6 Å². The first-order chi connectivity index (χ1) is 11.2. The van der Waals surface area contributed by atoms with Crippen molar-refractivity contribution in [3.8, 4) is 0 Å². The van der Waals surface area contributed by atoms with E-state index < -0.39 is 0 Å². The SMILES string of the molecule is Cc1cn2nc(CNC(=O)Cc3c[nH]c4ccccc34)sc2n1. The van der Waals surface area contributed by atoms with Gasteiger partial charge in [-0.05, 0) is 18.6 Å². The molecule has 4 rings (SSSR count). The van der Waals surface area contributed by atoms with Crippen molar-refractivity contribution in [1.82, 2.24) is 24.9 Å². The van der Waals surface area contributed by atoms with Crippen LogP contribution < -0.4 is 5.32 Å². The molecular weight excluding hydrogens is 310 g/mol. The highest BCUT2D eigenvalue weighted by Gasteiger charge is 2.10. The van der Waals surface area contributed by atoms with Crippen LogP contribution in [-0.2, 0) is 17.8 Å². The Balaban J connectivity index is 1.42. The van der Waals surface area contributed by atoms with Gasteiger partial charge in [0.15, 0.2) is 0 Å². The number of hydrogen-bond donors (Lipinski definition) is 2. The summed E-state index contributed by atoms with van der Waals surface area (Å²) >= 11 is 1.49. The average Bonchev–Trinajstić information content (AvgIpc) is 3.18. The number of imidazole rings is 1. The maximum atomic E-state index is 12.2. The lowest BCUT2D eigenvalue weighted by Crippen LogP contribution is -2.24. The number of rotatable bonds is 4. The van der Waals surface area contributed by atoms with Gasteiger partial charge in [-0.3, -0.25) is 4.79 Å². The van der Waals surface area contributed by atoms with Gasteiger partial charge in [-0.15, -0.1) is 0 Å². The van der Waals surface area contributed by atoms with Crippen molar-refractivity contribution < 1.29 is 4.79 Å². The van der Waals surface area contributed by atoms with Gasteiger partial charge in [0.05, 0.1) is 24.9 Å². The van der Waals surface area contributed by atoms with Gasteiger partial charge in [-0.2, -0.15) is 5.10 Å². The van der Waals surface area contributed by atoms with Crippen LogP contribution in [0.1, 0.15) is 16.3 Å². The Labute approximate surface area is 136 Å². The van der Waals surface area contributed by atoms with E-state index in [0.717, 1.165) is 32.1 Å². The minimum atomic E-state index is -0.0150. The number of carbonyl (C=O) groups excluding carboxylic acids is 1. The summed E-state index contributed by atoms with van der Waals surface area (Å²) in [6, 6.07) is 7.98. The highest BCUT2D eigenvalue weighted by molar-refractivity contribution is 7.16. The van der Waals surface area contributed by atoms with E-state index in [1.165, 1.54) is 11.3 Å². The zero-order valence-electron chi connectivity index (χ0n) is 12.5. The molecule has 0 radical (unpaired) electrons. The Hall–Kier alpha value is -2.67. The molecule has 1 aromatic carbocycles. The first kappa shape index (κ1) is 14.0. The molecule has 0 unspecified atom stereocenters. The Morgan fingerprint density at radius 1 is 1.39 bits per heavy atom. The van der Waals surface area contributed by atoms with Crippen molar-refractivity contribution in [2.75, 3.05) is 0 Å². The van der Waals surface area contributed by atoms with Crippen LogP contribution >= 0.6 is 11.3 Å². The van der Waals surface area contributed by atoms with Crippen LogP contribution in [0.25, 0.3) is 15.9 Å². The number of aromatic nitrogens is 4. The smallest absolute Gasteiger partial charge is 0.224 e. The second kappa shape index (κ2) is 5.51. The van der Waals surface area contributed by atoms with Crippen molar-refractivity contribution in [2.45, 2.75) is 19.9 Å². The maximum Gasteiger partial charge on any atom is 0.224 e. The predicted octanol–water partition coefficient (Wildman–Crippen LogP) is 2.44. The summed E-state index contributed by atoms with van der Waals surface area (Å²) in [6.07, 6.45) is 4.12. The summed E-state index contributed by atoms with van der Waals surface area (Å²) in [7, 11) is 0. The molecule has 0 bridgehead atoms. The Bertz CT molecular complexity index is 965. The molecule has 4 aromatic rings. The summed E-state index contributed by atoms with van der Waals surface area (Å²) in [5.74, 6) is -0.0150. The van der Waals surface area contributed by atoms with Crippen LogP contribution in [-0.4, -0.2) is 25.5 Å². The molecule has 116 valence electrons. The van der Waals surface area contributed by atoms with Crippen LogP contribution in [0.4, 0.5) is 0 Å². The number of H-pyrrole nitrogens is 1. The lowest BCUT2D eigenvalue weighted by atomic mass is 10.1. The van der Waals surface area contributed by atoms with Crippen LogP contribution in [0, 0.1) is 6.92 Å². The molecule has 6 nitrogen and oxygen atoms in total. The zero-order valence-corrected chi connectivity index (χ0v) is 13.4. The number of aromatic amines is 1. The third-order valence-electron chi connectivity index (χ3n) is 3.67. The fourth-order valence-corrected chi connectivity index (χ4v) is 3.47. The van der Waals surface area contributed by atoms with E-state index in [-0.39, 0.29) is 5.91 Å². The van der Waals surface area contributed by atoms with Gasteiger partial charge in [0.2, 0.25) is 10.9 Å². The number of aryl methyl sites for hydroxylation is 1. The van der Waals surface area contributed by atoms with Crippen LogP contribution in [0.2, 0.25) is 0 Å². The summed E-state index contributed by atoms with van der Waals surface area (Å²) in [4.78, 5) is 20.6. The van der Waals surface area contributed by atoms with Crippen molar-refractivity contribution in [1.29, 1.82) is 0 Å². The Morgan fingerprint density at radius 2 is 2.26 bits per heavy atom. The highest BCUT2D eigenvalue weighted by atomic mass is 32.1. The lowest BCUT2D eigenvalue weighted by Gasteiger charge is -2.02. The maximum absolute atomic E-state index is 12.2. The van der Waals surface area contributed by atoms with Crippen molar-refractivity contribution in [3.63, 3.8) is 0 Å². The molecule has 7 heteroatoms. The molecule has 0 spiro atoms. The fraction of sp³-hybridized carbons (Fsp3) is 0.188. The van der Waals surface area contributed by atoms with E-state index in [0.29, 0.717) is 13.0 Å². The van der Waals surface area contributed by atoms with Gasteiger partial charge in [-0.25, -0.2) is 9.50 Å². The van der Waals surface area contributed by atoms with Gasteiger partial charge >= 0.3 is 0 Å². The third kappa shape index (κ3) is 2.70. The van der Waals surface area contributed by atoms with Crippen molar-refractivity contribution in [2.24, 2.45) is 0 Å².